The van der Waals surface area contributed by atoms with Crippen molar-refractivity contribution in [2.45, 2.75) is 6.92 Å². The van der Waals surface area contributed by atoms with Crippen molar-refractivity contribution >= 4 is 16.8 Å². The van der Waals surface area contributed by atoms with Gasteiger partial charge in [0.05, 0.1) is 37.1 Å². The second-order valence-electron chi connectivity index (χ2n) is 6.50. The Labute approximate surface area is 162 Å². The topological polar surface area (TPSA) is 71.2 Å². The first kappa shape index (κ1) is 17.8. The van der Waals surface area contributed by atoms with Crippen LogP contribution in [0, 0.1) is 0 Å². The zero-order valence-electron chi connectivity index (χ0n) is 16.1. The van der Waals surface area contributed by atoms with E-state index in [9.17, 15) is 4.79 Å². The number of rotatable bonds is 5. The Morgan fingerprint density at radius 3 is 2.32 bits per heavy atom. The molecule has 0 bridgehead atoms. The Kier molecular flexibility index (Phi) is 4.35. The van der Waals surface area contributed by atoms with Crippen molar-refractivity contribution in [3.05, 3.63) is 54.6 Å². The summed E-state index contributed by atoms with van der Waals surface area (Å²) in [5, 5.41) is 4.22. The maximum absolute atomic E-state index is 12.0. The molecule has 0 N–H and O–H groups in total. The van der Waals surface area contributed by atoms with Gasteiger partial charge in [-0.05, 0) is 24.6 Å². The van der Waals surface area contributed by atoms with Crippen LogP contribution < -0.4 is 9.47 Å². The molecule has 4 aromatic rings. The molecule has 7 nitrogen and oxygen atoms in total. The maximum atomic E-state index is 12.0. The van der Waals surface area contributed by atoms with Crippen molar-refractivity contribution in [2.24, 2.45) is 7.05 Å². The largest absolute Gasteiger partial charge is 0.496 e. The molecule has 7 heteroatoms. The van der Waals surface area contributed by atoms with Crippen LogP contribution in [0.5, 0.6) is 11.5 Å². The molecule has 2 aromatic carbocycles. The van der Waals surface area contributed by atoms with Crippen LogP contribution in [0.3, 0.4) is 0 Å². The van der Waals surface area contributed by atoms with Crippen LogP contribution in [-0.2, 0) is 7.05 Å². The van der Waals surface area contributed by atoms with Crippen molar-refractivity contribution in [1.29, 1.82) is 0 Å². The third-order valence-electron chi connectivity index (χ3n) is 4.71. The third-order valence-corrected chi connectivity index (χ3v) is 4.71. The first-order chi connectivity index (χ1) is 13.5. The van der Waals surface area contributed by atoms with E-state index in [2.05, 4.69) is 10.1 Å². The molecular weight excluding hydrogens is 356 g/mol. The number of benzene rings is 2. The SMILES string of the molecule is COc1cc(-n2cnc3cc(-c4cnn(C)c4)ccc32)cc(OC)c1C(C)=O. The standard InChI is InChI=1S/C21H20N4O3/c1-13(26)21-19(27-3)8-16(9-20(21)28-4)25-12-22-17-7-14(5-6-18(17)25)15-10-23-24(2)11-15/h5-12H,1-4H3. The molecule has 0 fully saturated rings. The second-order valence-corrected chi connectivity index (χ2v) is 6.50. The van der Waals surface area contributed by atoms with Gasteiger partial charge in [0, 0.05) is 30.9 Å². The number of carbonyl (C=O) groups is 1. The number of aromatic nitrogens is 4. The van der Waals surface area contributed by atoms with Crippen LogP contribution >= 0.6 is 0 Å². The average Bonchev–Trinajstić information content (AvgIpc) is 3.32. The maximum Gasteiger partial charge on any atom is 0.167 e. The molecule has 0 atom stereocenters. The quantitative estimate of drug-likeness (QED) is 0.497. The van der Waals surface area contributed by atoms with E-state index in [0.717, 1.165) is 27.8 Å². The molecule has 4 rings (SSSR count). The minimum Gasteiger partial charge on any atom is -0.496 e. The van der Waals surface area contributed by atoms with E-state index in [4.69, 9.17) is 9.47 Å². The lowest BCUT2D eigenvalue weighted by molar-refractivity contribution is 0.101. The summed E-state index contributed by atoms with van der Waals surface area (Å²) in [6.45, 7) is 1.49. The molecule has 0 unspecified atom stereocenters. The fourth-order valence-corrected chi connectivity index (χ4v) is 3.35. The summed E-state index contributed by atoms with van der Waals surface area (Å²) < 4.78 is 14.6. The van der Waals surface area contributed by atoms with Gasteiger partial charge in [-0.25, -0.2) is 4.98 Å². The number of nitrogens with zero attached hydrogens (tertiary/aromatic N) is 4. The number of ether oxygens (including phenoxy) is 2. The predicted molar refractivity (Wildman–Crippen MR) is 106 cm³/mol. The van der Waals surface area contributed by atoms with E-state index in [-0.39, 0.29) is 5.78 Å². The summed E-state index contributed by atoms with van der Waals surface area (Å²) in [4.78, 5) is 16.5. The Bertz CT molecular complexity index is 1160. The monoisotopic (exact) mass is 376 g/mol. The molecule has 0 aliphatic carbocycles. The van der Waals surface area contributed by atoms with Crippen molar-refractivity contribution in [1.82, 2.24) is 19.3 Å². The van der Waals surface area contributed by atoms with Crippen molar-refractivity contribution in [3.63, 3.8) is 0 Å². The van der Waals surface area contributed by atoms with Gasteiger partial charge in [-0.3, -0.25) is 14.0 Å². The Morgan fingerprint density at radius 1 is 1.04 bits per heavy atom. The van der Waals surface area contributed by atoms with Crippen molar-refractivity contribution in [2.75, 3.05) is 14.2 Å². The normalized spacial score (nSPS) is 11.0. The first-order valence-electron chi connectivity index (χ1n) is 8.75. The van der Waals surface area contributed by atoms with Gasteiger partial charge in [0.15, 0.2) is 5.78 Å². The van der Waals surface area contributed by atoms with Crippen molar-refractivity contribution in [3.8, 4) is 28.3 Å². The highest BCUT2D eigenvalue weighted by atomic mass is 16.5. The van der Waals surface area contributed by atoms with Gasteiger partial charge < -0.3 is 9.47 Å². The van der Waals surface area contributed by atoms with Gasteiger partial charge in [0.25, 0.3) is 0 Å². The van der Waals surface area contributed by atoms with Gasteiger partial charge >= 0.3 is 0 Å². The van der Waals surface area contributed by atoms with E-state index in [1.807, 2.05) is 54.3 Å². The lowest BCUT2D eigenvalue weighted by atomic mass is 10.1. The summed E-state index contributed by atoms with van der Waals surface area (Å²) in [6.07, 6.45) is 5.54. The van der Waals surface area contributed by atoms with E-state index in [0.29, 0.717) is 17.1 Å². The fourth-order valence-electron chi connectivity index (χ4n) is 3.35. The first-order valence-corrected chi connectivity index (χ1v) is 8.75. The zero-order valence-corrected chi connectivity index (χ0v) is 16.1. The highest BCUT2D eigenvalue weighted by Gasteiger charge is 2.18. The molecule has 0 radical (unpaired) electrons. The average molecular weight is 376 g/mol. The minimum absolute atomic E-state index is 0.114. The van der Waals surface area contributed by atoms with E-state index >= 15 is 0 Å². The number of aryl methyl sites for hydroxylation is 1. The number of methoxy groups -OCH3 is 2. The van der Waals surface area contributed by atoms with Crippen LogP contribution in [0.4, 0.5) is 0 Å². The van der Waals surface area contributed by atoms with Crippen LogP contribution in [-0.4, -0.2) is 39.3 Å². The van der Waals surface area contributed by atoms with Crippen LogP contribution in [0.1, 0.15) is 17.3 Å². The fraction of sp³-hybridized carbons (Fsp3) is 0.190. The smallest absolute Gasteiger partial charge is 0.167 e. The number of fused-ring (bicyclic) bond motifs is 1. The summed E-state index contributed by atoms with van der Waals surface area (Å²) in [5.41, 5.74) is 5.11. The third kappa shape index (κ3) is 2.90. The highest BCUT2D eigenvalue weighted by Crippen LogP contribution is 2.34. The molecule has 0 aliphatic rings. The molecule has 0 spiro atoms. The van der Waals surface area contributed by atoms with Gasteiger partial charge in [0.1, 0.15) is 23.4 Å². The van der Waals surface area contributed by atoms with Gasteiger partial charge in [-0.15, -0.1) is 0 Å². The summed E-state index contributed by atoms with van der Waals surface area (Å²) in [7, 11) is 4.97. The number of ketones is 1. The van der Waals surface area contributed by atoms with E-state index < -0.39 is 0 Å². The van der Waals surface area contributed by atoms with Crippen LogP contribution in [0.2, 0.25) is 0 Å². The number of hydrogen-bond donors (Lipinski definition) is 0. The van der Waals surface area contributed by atoms with Gasteiger partial charge in [-0.1, -0.05) is 6.07 Å². The highest BCUT2D eigenvalue weighted by molar-refractivity contribution is 6.00. The van der Waals surface area contributed by atoms with E-state index in [1.54, 1.807) is 11.0 Å². The molecule has 142 valence electrons. The molecule has 0 aliphatic heterocycles. The lowest BCUT2D eigenvalue weighted by Gasteiger charge is -2.14. The molecule has 0 saturated heterocycles. The van der Waals surface area contributed by atoms with Gasteiger partial charge in [-0.2, -0.15) is 5.10 Å². The number of imidazole rings is 1. The molecule has 2 aromatic heterocycles. The summed E-state index contributed by atoms with van der Waals surface area (Å²) in [6, 6.07) is 9.71. The number of carbonyl (C=O) groups excluding carboxylic acids is 1. The second kappa shape index (κ2) is 6.84. The number of hydrogen-bond acceptors (Lipinski definition) is 5. The summed E-state index contributed by atoms with van der Waals surface area (Å²) >= 11 is 0. The molecule has 0 amide bonds. The molecule has 0 saturated carbocycles. The van der Waals surface area contributed by atoms with Crippen molar-refractivity contribution < 1.29 is 14.3 Å². The minimum atomic E-state index is -0.114. The predicted octanol–water partition coefficient (Wildman–Crippen LogP) is 3.65. The lowest BCUT2D eigenvalue weighted by Crippen LogP contribution is -2.04. The van der Waals surface area contributed by atoms with Crippen LogP contribution in [0.15, 0.2) is 49.1 Å². The van der Waals surface area contributed by atoms with Crippen LogP contribution in [0.25, 0.3) is 27.8 Å². The molecule has 2 heterocycles. The zero-order chi connectivity index (χ0) is 19.8. The molecule has 28 heavy (non-hydrogen) atoms. The molecular formula is C21H20N4O3. The Balaban J connectivity index is 1.84. The Morgan fingerprint density at radius 2 is 1.75 bits per heavy atom. The summed E-state index contributed by atoms with van der Waals surface area (Å²) in [5.74, 6) is 0.822. The van der Waals surface area contributed by atoms with E-state index in [1.165, 1.54) is 21.1 Å². The Hall–Kier alpha value is -3.61. The number of Topliss-reactive ketones (excluding diaryl/α,β-unsaturated/α-hetero) is 1. The van der Waals surface area contributed by atoms with Gasteiger partial charge in [0.2, 0.25) is 0 Å².